The van der Waals surface area contributed by atoms with Crippen LogP contribution in [0.2, 0.25) is 0 Å². The molecule has 0 bridgehead atoms. The average molecular weight is 316 g/mol. The number of hydrogen-bond donors (Lipinski definition) is 2. The second kappa shape index (κ2) is 8.24. The smallest absolute Gasteiger partial charge is 0.224 e. The summed E-state index contributed by atoms with van der Waals surface area (Å²) < 4.78 is 5.95. The van der Waals surface area contributed by atoms with E-state index in [0.29, 0.717) is 19.4 Å². The molecule has 0 aromatic heterocycles. The third-order valence-corrected chi connectivity index (χ3v) is 2.96. The van der Waals surface area contributed by atoms with Gasteiger partial charge in [0.25, 0.3) is 0 Å². The summed E-state index contributed by atoms with van der Waals surface area (Å²) >= 11 is 3.37. The lowest BCUT2D eigenvalue weighted by atomic mass is 10.1. The van der Waals surface area contributed by atoms with Gasteiger partial charge in [-0.25, -0.2) is 0 Å². The van der Waals surface area contributed by atoms with Gasteiger partial charge in [-0.1, -0.05) is 28.1 Å². The molecule has 0 fully saturated rings. The lowest BCUT2D eigenvalue weighted by Crippen LogP contribution is -2.39. The zero-order valence-corrected chi connectivity index (χ0v) is 11.9. The van der Waals surface area contributed by atoms with Crippen molar-refractivity contribution in [3.8, 4) is 0 Å². The van der Waals surface area contributed by atoms with Gasteiger partial charge in [0.05, 0.1) is 19.1 Å². The highest BCUT2D eigenvalue weighted by atomic mass is 79.9. The summed E-state index contributed by atoms with van der Waals surface area (Å²) in [5, 5.41) is 11.7. The Labute approximate surface area is 115 Å². The van der Waals surface area contributed by atoms with Gasteiger partial charge in [-0.3, -0.25) is 4.79 Å². The number of rotatable bonds is 7. The van der Waals surface area contributed by atoms with Crippen LogP contribution in [0.3, 0.4) is 0 Å². The van der Waals surface area contributed by atoms with Gasteiger partial charge in [-0.15, -0.1) is 0 Å². The quantitative estimate of drug-likeness (QED) is 0.802. The van der Waals surface area contributed by atoms with E-state index in [1.807, 2.05) is 24.3 Å². The number of aliphatic hydroxyl groups is 1. The van der Waals surface area contributed by atoms with Crippen LogP contribution in [0.4, 0.5) is 0 Å². The minimum Gasteiger partial charge on any atom is -0.396 e. The van der Waals surface area contributed by atoms with Crippen molar-refractivity contribution in [1.29, 1.82) is 0 Å². The number of hydrogen-bond acceptors (Lipinski definition) is 3. The maximum absolute atomic E-state index is 11.8. The van der Waals surface area contributed by atoms with Gasteiger partial charge in [0, 0.05) is 18.2 Å². The summed E-state index contributed by atoms with van der Waals surface area (Å²) in [6, 6.07) is 7.49. The highest BCUT2D eigenvalue weighted by Gasteiger charge is 2.12. The maximum atomic E-state index is 11.8. The normalized spacial score (nSPS) is 12.2. The van der Waals surface area contributed by atoms with Crippen molar-refractivity contribution in [3.05, 3.63) is 34.3 Å². The van der Waals surface area contributed by atoms with Crippen molar-refractivity contribution in [1.82, 2.24) is 5.32 Å². The zero-order chi connectivity index (χ0) is 13.4. The number of methoxy groups -OCH3 is 1. The van der Waals surface area contributed by atoms with Gasteiger partial charge >= 0.3 is 0 Å². The van der Waals surface area contributed by atoms with Crippen molar-refractivity contribution in [3.63, 3.8) is 0 Å². The number of benzene rings is 1. The molecule has 0 aliphatic carbocycles. The van der Waals surface area contributed by atoms with Crippen LogP contribution in [0, 0.1) is 0 Å². The Hall–Kier alpha value is -0.910. The van der Waals surface area contributed by atoms with Gasteiger partial charge in [0.15, 0.2) is 0 Å². The van der Waals surface area contributed by atoms with Gasteiger partial charge in [-0.2, -0.15) is 0 Å². The third-order valence-electron chi connectivity index (χ3n) is 2.46. The van der Waals surface area contributed by atoms with Crippen LogP contribution in [0.1, 0.15) is 12.0 Å². The molecule has 1 atom stereocenters. The molecule has 0 heterocycles. The molecule has 2 N–H and O–H groups in total. The molecule has 0 aliphatic rings. The van der Waals surface area contributed by atoms with Gasteiger partial charge in [-0.05, 0) is 24.1 Å². The van der Waals surface area contributed by atoms with Crippen molar-refractivity contribution < 1.29 is 14.6 Å². The number of aliphatic hydroxyl groups excluding tert-OH is 1. The first-order valence-corrected chi connectivity index (χ1v) is 6.58. The molecule has 0 aliphatic heterocycles. The third kappa shape index (κ3) is 5.62. The molecule has 1 rings (SSSR count). The molecule has 1 aromatic rings. The average Bonchev–Trinajstić information content (AvgIpc) is 2.29. The maximum Gasteiger partial charge on any atom is 0.224 e. The van der Waals surface area contributed by atoms with Crippen LogP contribution in [0.15, 0.2) is 28.7 Å². The Morgan fingerprint density at radius 2 is 2.33 bits per heavy atom. The Kier molecular flexibility index (Phi) is 6.93. The Bertz CT molecular complexity index is 378. The van der Waals surface area contributed by atoms with Gasteiger partial charge in [0.1, 0.15) is 0 Å². The first-order chi connectivity index (χ1) is 8.65. The molecular formula is C13H18BrNO3. The fraction of sp³-hybridized carbons (Fsp3) is 0.462. The van der Waals surface area contributed by atoms with Crippen LogP contribution in [-0.2, 0) is 16.0 Å². The predicted molar refractivity (Wildman–Crippen MR) is 73.4 cm³/mol. The van der Waals surface area contributed by atoms with E-state index < -0.39 is 0 Å². The zero-order valence-electron chi connectivity index (χ0n) is 10.4. The summed E-state index contributed by atoms with van der Waals surface area (Å²) in [5.41, 5.74) is 0.946. The van der Waals surface area contributed by atoms with Crippen LogP contribution >= 0.6 is 15.9 Å². The number of amides is 1. The molecule has 100 valence electrons. The molecule has 0 saturated heterocycles. The van der Waals surface area contributed by atoms with E-state index in [4.69, 9.17) is 9.84 Å². The first-order valence-electron chi connectivity index (χ1n) is 5.79. The highest BCUT2D eigenvalue weighted by molar-refractivity contribution is 9.10. The summed E-state index contributed by atoms with van der Waals surface area (Å²) in [5.74, 6) is -0.0661. The van der Waals surface area contributed by atoms with E-state index in [2.05, 4.69) is 21.2 Å². The topological polar surface area (TPSA) is 58.6 Å². The van der Waals surface area contributed by atoms with Crippen LogP contribution in [-0.4, -0.2) is 37.4 Å². The number of ether oxygens (including phenoxy) is 1. The largest absolute Gasteiger partial charge is 0.396 e. The number of carbonyl (C=O) groups excluding carboxylic acids is 1. The molecule has 1 amide bonds. The predicted octanol–water partition coefficient (Wildman–Crippen LogP) is 1.51. The summed E-state index contributed by atoms with van der Waals surface area (Å²) in [6.45, 7) is 0.440. The molecule has 0 radical (unpaired) electrons. The van der Waals surface area contributed by atoms with Gasteiger partial charge < -0.3 is 15.2 Å². The Morgan fingerprint density at radius 3 is 2.94 bits per heavy atom. The van der Waals surface area contributed by atoms with E-state index in [-0.39, 0.29) is 18.6 Å². The number of halogens is 1. The van der Waals surface area contributed by atoms with Crippen molar-refractivity contribution >= 4 is 21.8 Å². The standard InChI is InChI=1S/C13H18BrNO3/c1-18-9-12(5-6-16)15-13(17)8-10-3-2-4-11(14)7-10/h2-4,7,12,16H,5-6,8-9H2,1H3,(H,15,17). The molecule has 0 spiro atoms. The van der Waals surface area contributed by atoms with Crippen LogP contribution in [0.25, 0.3) is 0 Å². The SMILES string of the molecule is COCC(CCO)NC(=O)Cc1cccc(Br)c1. The Morgan fingerprint density at radius 1 is 1.56 bits per heavy atom. The van der Waals surface area contributed by atoms with Crippen molar-refractivity contribution in [2.75, 3.05) is 20.3 Å². The minimum absolute atomic E-state index is 0.0329. The fourth-order valence-electron chi connectivity index (χ4n) is 1.67. The van der Waals surface area contributed by atoms with E-state index >= 15 is 0 Å². The monoisotopic (exact) mass is 315 g/mol. The molecular weight excluding hydrogens is 298 g/mol. The highest BCUT2D eigenvalue weighted by Crippen LogP contribution is 2.12. The number of nitrogens with one attached hydrogen (secondary N) is 1. The van der Waals surface area contributed by atoms with Gasteiger partial charge in [0.2, 0.25) is 5.91 Å². The molecule has 5 heteroatoms. The lowest BCUT2D eigenvalue weighted by Gasteiger charge is -2.16. The molecule has 1 aromatic carbocycles. The van der Waals surface area contributed by atoms with Crippen LogP contribution in [0.5, 0.6) is 0 Å². The van der Waals surface area contributed by atoms with E-state index in [9.17, 15) is 4.79 Å². The fourth-order valence-corrected chi connectivity index (χ4v) is 2.11. The molecule has 4 nitrogen and oxygen atoms in total. The second-order valence-corrected chi connectivity index (χ2v) is 4.95. The van der Waals surface area contributed by atoms with E-state index in [1.54, 1.807) is 7.11 Å². The molecule has 1 unspecified atom stereocenters. The van der Waals surface area contributed by atoms with E-state index in [1.165, 1.54) is 0 Å². The molecule has 18 heavy (non-hydrogen) atoms. The van der Waals surface area contributed by atoms with E-state index in [0.717, 1.165) is 10.0 Å². The van der Waals surface area contributed by atoms with Crippen molar-refractivity contribution in [2.24, 2.45) is 0 Å². The minimum atomic E-state index is -0.139. The summed E-state index contributed by atoms with van der Waals surface area (Å²) in [4.78, 5) is 11.8. The second-order valence-electron chi connectivity index (χ2n) is 4.04. The van der Waals surface area contributed by atoms with Crippen LogP contribution < -0.4 is 5.32 Å². The molecule has 0 saturated carbocycles. The lowest BCUT2D eigenvalue weighted by molar-refractivity contribution is -0.121. The van der Waals surface area contributed by atoms with Crippen molar-refractivity contribution in [2.45, 2.75) is 18.9 Å². The first kappa shape index (κ1) is 15.1. The number of carbonyl (C=O) groups is 1. The summed E-state index contributed by atoms with van der Waals surface area (Å²) in [6.07, 6.45) is 0.823. The summed E-state index contributed by atoms with van der Waals surface area (Å²) in [7, 11) is 1.57. The Balaban J connectivity index is 2.49.